The maximum absolute atomic E-state index is 5.97. The summed E-state index contributed by atoms with van der Waals surface area (Å²) in [7, 11) is 0. The molecule has 2 aliphatic rings. The average Bonchev–Trinajstić information content (AvgIpc) is 2.98. The van der Waals surface area contributed by atoms with Crippen LogP contribution >= 0.6 is 0 Å². The van der Waals surface area contributed by atoms with Gasteiger partial charge in [-0.2, -0.15) is 4.98 Å². The SMILES string of the molecule is Nc1nc2c(c(N3CCN(Cc4ccco4)CC3)n1)CCNCC2. The summed E-state index contributed by atoms with van der Waals surface area (Å²) in [6.45, 7) is 6.71. The van der Waals surface area contributed by atoms with Gasteiger partial charge in [-0.15, -0.1) is 0 Å². The summed E-state index contributed by atoms with van der Waals surface area (Å²) in [6, 6.07) is 3.98. The quantitative estimate of drug-likeness (QED) is 0.856. The smallest absolute Gasteiger partial charge is 0.222 e. The largest absolute Gasteiger partial charge is 0.468 e. The van der Waals surface area contributed by atoms with E-state index in [0.717, 1.165) is 75.9 Å². The van der Waals surface area contributed by atoms with Crippen molar-refractivity contribution < 1.29 is 4.42 Å². The van der Waals surface area contributed by atoms with E-state index in [1.165, 1.54) is 5.56 Å². The minimum absolute atomic E-state index is 0.392. The first-order valence-corrected chi connectivity index (χ1v) is 8.65. The molecule has 0 amide bonds. The number of nitrogens with two attached hydrogens (primary N) is 1. The van der Waals surface area contributed by atoms with Crippen LogP contribution in [0.15, 0.2) is 22.8 Å². The van der Waals surface area contributed by atoms with Crippen LogP contribution in [0, 0.1) is 0 Å². The molecule has 2 aliphatic heterocycles. The molecule has 1 fully saturated rings. The summed E-state index contributed by atoms with van der Waals surface area (Å²) in [6.07, 6.45) is 3.63. The Morgan fingerprint density at radius 2 is 1.96 bits per heavy atom. The third-order valence-corrected chi connectivity index (χ3v) is 4.81. The summed E-state index contributed by atoms with van der Waals surface area (Å²) >= 11 is 0. The molecule has 2 aromatic heterocycles. The minimum Gasteiger partial charge on any atom is -0.468 e. The number of hydrogen-bond acceptors (Lipinski definition) is 7. The Hall–Kier alpha value is -2.12. The van der Waals surface area contributed by atoms with E-state index in [2.05, 4.69) is 25.1 Å². The molecule has 0 aromatic carbocycles. The zero-order valence-corrected chi connectivity index (χ0v) is 13.9. The van der Waals surface area contributed by atoms with Crippen LogP contribution in [-0.2, 0) is 19.4 Å². The van der Waals surface area contributed by atoms with Crippen LogP contribution in [0.1, 0.15) is 17.0 Å². The van der Waals surface area contributed by atoms with Gasteiger partial charge in [-0.1, -0.05) is 0 Å². The van der Waals surface area contributed by atoms with E-state index >= 15 is 0 Å². The Balaban J connectivity index is 1.48. The Morgan fingerprint density at radius 3 is 2.75 bits per heavy atom. The molecule has 0 atom stereocenters. The van der Waals surface area contributed by atoms with Crippen molar-refractivity contribution >= 4 is 11.8 Å². The van der Waals surface area contributed by atoms with E-state index < -0.39 is 0 Å². The highest BCUT2D eigenvalue weighted by atomic mass is 16.3. The second kappa shape index (κ2) is 6.78. The van der Waals surface area contributed by atoms with E-state index in [9.17, 15) is 0 Å². The van der Waals surface area contributed by atoms with Crippen molar-refractivity contribution in [3.8, 4) is 0 Å². The maximum atomic E-state index is 5.97. The molecule has 7 nitrogen and oxygen atoms in total. The van der Waals surface area contributed by atoms with E-state index in [1.54, 1.807) is 6.26 Å². The van der Waals surface area contributed by atoms with Gasteiger partial charge in [-0.3, -0.25) is 4.90 Å². The van der Waals surface area contributed by atoms with Crippen molar-refractivity contribution in [1.82, 2.24) is 20.2 Å². The monoisotopic (exact) mass is 328 g/mol. The lowest BCUT2D eigenvalue weighted by Gasteiger charge is -2.36. The molecule has 4 heterocycles. The van der Waals surface area contributed by atoms with Gasteiger partial charge in [0.1, 0.15) is 11.6 Å². The second-order valence-corrected chi connectivity index (χ2v) is 6.42. The van der Waals surface area contributed by atoms with Crippen molar-refractivity contribution in [2.45, 2.75) is 19.4 Å². The maximum Gasteiger partial charge on any atom is 0.222 e. The zero-order chi connectivity index (χ0) is 16.4. The molecule has 0 aliphatic carbocycles. The topological polar surface area (TPSA) is 83.5 Å². The summed E-state index contributed by atoms with van der Waals surface area (Å²) in [5.74, 6) is 2.46. The van der Waals surface area contributed by atoms with E-state index in [1.807, 2.05) is 12.1 Å². The summed E-state index contributed by atoms with van der Waals surface area (Å²) in [5, 5.41) is 3.43. The van der Waals surface area contributed by atoms with Crippen molar-refractivity contribution in [3.05, 3.63) is 35.4 Å². The number of furan rings is 1. The fraction of sp³-hybridized carbons (Fsp3) is 0.529. The second-order valence-electron chi connectivity index (χ2n) is 6.42. The van der Waals surface area contributed by atoms with E-state index in [-0.39, 0.29) is 0 Å². The molecule has 1 saturated heterocycles. The number of anilines is 2. The van der Waals surface area contributed by atoms with Crippen LogP contribution in [0.2, 0.25) is 0 Å². The number of nitrogens with zero attached hydrogens (tertiary/aromatic N) is 4. The summed E-state index contributed by atoms with van der Waals surface area (Å²) in [5.41, 5.74) is 8.35. The molecular weight excluding hydrogens is 304 g/mol. The van der Waals surface area contributed by atoms with Crippen LogP contribution in [0.3, 0.4) is 0 Å². The van der Waals surface area contributed by atoms with Crippen molar-refractivity contribution in [3.63, 3.8) is 0 Å². The van der Waals surface area contributed by atoms with Gasteiger partial charge >= 0.3 is 0 Å². The van der Waals surface area contributed by atoms with Crippen LogP contribution in [0.4, 0.5) is 11.8 Å². The van der Waals surface area contributed by atoms with Crippen LogP contribution in [0.25, 0.3) is 0 Å². The van der Waals surface area contributed by atoms with Gasteiger partial charge in [0.15, 0.2) is 0 Å². The molecular formula is C17H24N6O. The average molecular weight is 328 g/mol. The highest BCUT2D eigenvalue weighted by Gasteiger charge is 2.24. The first-order chi connectivity index (χ1) is 11.8. The van der Waals surface area contributed by atoms with Crippen LogP contribution in [0.5, 0.6) is 0 Å². The number of fused-ring (bicyclic) bond motifs is 1. The van der Waals surface area contributed by atoms with Gasteiger partial charge in [0.25, 0.3) is 0 Å². The lowest BCUT2D eigenvalue weighted by atomic mass is 10.1. The zero-order valence-electron chi connectivity index (χ0n) is 13.9. The van der Waals surface area contributed by atoms with Crippen molar-refractivity contribution in [2.75, 3.05) is 49.9 Å². The highest BCUT2D eigenvalue weighted by molar-refractivity contribution is 5.53. The Bertz CT molecular complexity index is 679. The molecule has 0 bridgehead atoms. The van der Waals surface area contributed by atoms with Gasteiger partial charge in [0, 0.05) is 44.7 Å². The number of hydrogen-bond donors (Lipinski definition) is 2. The molecule has 0 unspecified atom stereocenters. The lowest BCUT2D eigenvalue weighted by Crippen LogP contribution is -2.46. The molecule has 4 rings (SSSR count). The molecule has 3 N–H and O–H groups in total. The molecule has 7 heteroatoms. The standard InChI is InChI=1S/C17H24N6O/c18-17-20-15-4-6-19-5-3-14(15)16(21-17)23-9-7-22(8-10-23)12-13-2-1-11-24-13/h1-2,11,19H,3-10,12H2,(H2,18,20,21). The molecule has 0 saturated carbocycles. The number of aromatic nitrogens is 2. The summed E-state index contributed by atoms with van der Waals surface area (Å²) < 4.78 is 5.45. The fourth-order valence-electron chi connectivity index (χ4n) is 3.55. The molecule has 2 aromatic rings. The van der Waals surface area contributed by atoms with Gasteiger partial charge in [-0.25, -0.2) is 4.98 Å². The van der Waals surface area contributed by atoms with Crippen LogP contribution in [-0.4, -0.2) is 54.1 Å². The molecule has 0 radical (unpaired) electrons. The molecule has 24 heavy (non-hydrogen) atoms. The molecule has 128 valence electrons. The number of piperazine rings is 1. The number of rotatable bonds is 3. The van der Waals surface area contributed by atoms with Gasteiger partial charge in [-0.05, 0) is 25.1 Å². The van der Waals surface area contributed by atoms with Gasteiger partial charge in [0.05, 0.1) is 18.5 Å². The summed E-state index contributed by atoms with van der Waals surface area (Å²) in [4.78, 5) is 13.8. The van der Waals surface area contributed by atoms with Gasteiger partial charge < -0.3 is 20.4 Å². The third kappa shape index (κ3) is 3.22. The Labute approximate surface area is 141 Å². The van der Waals surface area contributed by atoms with Crippen molar-refractivity contribution in [1.29, 1.82) is 0 Å². The van der Waals surface area contributed by atoms with E-state index in [4.69, 9.17) is 10.2 Å². The molecule has 0 spiro atoms. The third-order valence-electron chi connectivity index (χ3n) is 4.81. The fourth-order valence-corrected chi connectivity index (χ4v) is 3.55. The predicted molar refractivity (Wildman–Crippen MR) is 92.9 cm³/mol. The first-order valence-electron chi connectivity index (χ1n) is 8.65. The number of nitrogen functional groups attached to an aromatic ring is 1. The lowest BCUT2D eigenvalue weighted by molar-refractivity contribution is 0.230. The van der Waals surface area contributed by atoms with Crippen molar-refractivity contribution in [2.24, 2.45) is 0 Å². The minimum atomic E-state index is 0.392. The Kier molecular flexibility index (Phi) is 4.36. The highest BCUT2D eigenvalue weighted by Crippen LogP contribution is 2.25. The first kappa shape index (κ1) is 15.4. The Morgan fingerprint density at radius 1 is 1.12 bits per heavy atom. The predicted octanol–water partition coefficient (Wildman–Crippen LogP) is 0.662. The van der Waals surface area contributed by atoms with Gasteiger partial charge in [0.2, 0.25) is 5.95 Å². The van der Waals surface area contributed by atoms with Crippen LogP contribution < -0.4 is 16.0 Å². The number of nitrogens with one attached hydrogen (secondary N) is 1. The van der Waals surface area contributed by atoms with E-state index in [0.29, 0.717) is 5.95 Å². The normalized spacial score (nSPS) is 19.1.